The SMILES string of the molecule is CC(C)(CCC(=O)NCC1CC=CCC1)C(=O)NCC1CC=CCC1. The van der Waals surface area contributed by atoms with Gasteiger partial charge in [-0.1, -0.05) is 38.2 Å². The van der Waals surface area contributed by atoms with Crippen molar-refractivity contribution in [1.82, 2.24) is 10.6 Å². The first-order valence-electron chi connectivity index (χ1n) is 9.82. The Hall–Kier alpha value is -1.58. The quantitative estimate of drug-likeness (QED) is 0.658. The molecule has 4 heteroatoms. The molecule has 2 rings (SSSR count). The Morgan fingerprint density at radius 2 is 1.48 bits per heavy atom. The zero-order chi connectivity index (χ0) is 18.1. The third-order valence-electron chi connectivity index (χ3n) is 5.49. The van der Waals surface area contributed by atoms with Crippen LogP contribution in [0.4, 0.5) is 0 Å². The van der Waals surface area contributed by atoms with Crippen molar-refractivity contribution in [2.45, 2.75) is 65.2 Å². The lowest BCUT2D eigenvalue weighted by Crippen LogP contribution is -2.40. The molecule has 0 saturated heterocycles. The molecular formula is C21H34N2O2. The van der Waals surface area contributed by atoms with Crippen LogP contribution in [0.3, 0.4) is 0 Å². The minimum Gasteiger partial charge on any atom is -0.356 e. The molecule has 0 radical (unpaired) electrons. The Bertz CT molecular complexity index is 508. The maximum Gasteiger partial charge on any atom is 0.225 e. The number of allylic oxidation sites excluding steroid dienone is 4. The highest BCUT2D eigenvalue weighted by atomic mass is 16.2. The topological polar surface area (TPSA) is 58.2 Å². The van der Waals surface area contributed by atoms with Gasteiger partial charge in [-0.3, -0.25) is 9.59 Å². The summed E-state index contributed by atoms with van der Waals surface area (Å²) < 4.78 is 0. The Labute approximate surface area is 152 Å². The van der Waals surface area contributed by atoms with E-state index in [0.29, 0.717) is 24.7 Å². The summed E-state index contributed by atoms with van der Waals surface area (Å²) >= 11 is 0. The predicted octanol–water partition coefficient (Wildman–Crippen LogP) is 3.74. The second kappa shape index (κ2) is 9.79. The van der Waals surface area contributed by atoms with E-state index in [-0.39, 0.29) is 11.8 Å². The van der Waals surface area contributed by atoms with Crippen molar-refractivity contribution in [1.29, 1.82) is 0 Å². The van der Waals surface area contributed by atoms with Crippen molar-refractivity contribution in [3.05, 3.63) is 24.3 Å². The molecule has 2 unspecified atom stereocenters. The molecule has 2 atom stereocenters. The third-order valence-corrected chi connectivity index (χ3v) is 5.49. The molecule has 0 aromatic heterocycles. The van der Waals surface area contributed by atoms with Gasteiger partial charge < -0.3 is 10.6 Å². The van der Waals surface area contributed by atoms with Crippen molar-refractivity contribution < 1.29 is 9.59 Å². The summed E-state index contributed by atoms with van der Waals surface area (Å²) in [5.74, 6) is 1.24. The highest BCUT2D eigenvalue weighted by Crippen LogP contribution is 2.24. The molecule has 0 aliphatic heterocycles. The monoisotopic (exact) mass is 346 g/mol. The van der Waals surface area contributed by atoms with Crippen LogP contribution in [0.1, 0.15) is 65.2 Å². The number of rotatable bonds is 8. The summed E-state index contributed by atoms with van der Waals surface area (Å²) in [6.45, 7) is 5.36. The van der Waals surface area contributed by atoms with E-state index in [0.717, 1.165) is 51.6 Å². The molecule has 2 aliphatic rings. The summed E-state index contributed by atoms with van der Waals surface area (Å²) in [4.78, 5) is 24.5. The molecule has 0 fully saturated rings. The van der Waals surface area contributed by atoms with Crippen LogP contribution in [0, 0.1) is 17.3 Å². The lowest BCUT2D eigenvalue weighted by molar-refractivity contribution is -0.130. The van der Waals surface area contributed by atoms with E-state index in [2.05, 4.69) is 34.9 Å². The Morgan fingerprint density at radius 3 is 2.00 bits per heavy atom. The summed E-state index contributed by atoms with van der Waals surface area (Å²) in [6.07, 6.45) is 16.5. The van der Waals surface area contributed by atoms with Crippen LogP contribution in [-0.4, -0.2) is 24.9 Å². The number of carbonyl (C=O) groups is 2. The molecule has 0 heterocycles. The summed E-state index contributed by atoms with van der Waals surface area (Å²) in [7, 11) is 0. The lowest BCUT2D eigenvalue weighted by atomic mass is 9.86. The van der Waals surface area contributed by atoms with Gasteiger partial charge in [-0.15, -0.1) is 0 Å². The second-order valence-corrected chi connectivity index (χ2v) is 8.20. The molecule has 0 bridgehead atoms. The van der Waals surface area contributed by atoms with Crippen LogP contribution in [-0.2, 0) is 9.59 Å². The van der Waals surface area contributed by atoms with Gasteiger partial charge in [-0.05, 0) is 56.8 Å². The zero-order valence-corrected chi connectivity index (χ0v) is 15.9. The summed E-state index contributed by atoms with van der Waals surface area (Å²) in [5.41, 5.74) is -0.505. The number of nitrogens with one attached hydrogen (secondary N) is 2. The largest absolute Gasteiger partial charge is 0.356 e. The van der Waals surface area contributed by atoms with Gasteiger partial charge in [0.1, 0.15) is 0 Å². The minimum absolute atomic E-state index is 0.0623. The van der Waals surface area contributed by atoms with E-state index in [1.54, 1.807) is 0 Å². The molecule has 0 spiro atoms. The van der Waals surface area contributed by atoms with Gasteiger partial charge in [-0.2, -0.15) is 0 Å². The van der Waals surface area contributed by atoms with E-state index in [1.807, 2.05) is 13.8 Å². The van der Waals surface area contributed by atoms with Crippen molar-refractivity contribution in [3.8, 4) is 0 Å². The molecule has 2 aliphatic carbocycles. The van der Waals surface area contributed by atoms with Gasteiger partial charge >= 0.3 is 0 Å². The van der Waals surface area contributed by atoms with Crippen molar-refractivity contribution >= 4 is 11.8 Å². The average molecular weight is 347 g/mol. The zero-order valence-electron chi connectivity index (χ0n) is 15.9. The number of carbonyl (C=O) groups excluding carboxylic acids is 2. The van der Waals surface area contributed by atoms with Crippen molar-refractivity contribution in [3.63, 3.8) is 0 Å². The maximum atomic E-state index is 12.5. The molecule has 0 saturated carbocycles. The van der Waals surface area contributed by atoms with Crippen LogP contribution in [0.15, 0.2) is 24.3 Å². The Kier molecular flexibility index (Phi) is 7.73. The summed E-state index contributed by atoms with van der Waals surface area (Å²) in [6, 6.07) is 0. The standard InChI is InChI=1S/C21H34N2O2/c1-21(2,20(25)23-16-18-11-7-4-8-12-18)14-13-19(24)22-15-17-9-5-3-6-10-17/h3-5,7,17-18H,6,8-16H2,1-2H3,(H,22,24)(H,23,25). The van der Waals surface area contributed by atoms with Gasteiger partial charge in [0.15, 0.2) is 0 Å². The van der Waals surface area contributed by atoms with E-state index in [1.165, 1.54) is 0 Å². The molecule has 2 amide bonds. The third kappa shape index (κ3) is 7.05. The first-order valence-corrected chi connectivity index (χ1v) is 9.82. The van der Waals surface area contributed by atoms with E-state index in [9.17, 15) is 9.59 Å². The van der Waals surface area contributed by atoms with E-state index >= 15 is 0 Å². The van der Waals surface area contributed by atoms with Crippen LogP contribution in [0.25, 0.3) is 0 Å². The normalized spacial score (nSPS) is 23.3. The fraction of sp³-hybridized carbons (Fsp3) is 0.714. The number of amides is 2. The molecule has 0 aromatic carbocycles. The smallest absolute Gasteiger partial charge is 0.225 e. The van der Waals surface area contributed by atoms with Gasteiger partial charge in [-0.25, -0.2) is 0 Å². The van der Waals surface area contributed by atoms with Crippen molar-refractivity contribution in [2.24, 2.45) is 17.3 Å². The Balaban J connectivity index is 1.64. The highest BCUT2D eigenvalue weighted by molar-refractivity contribution is 5.83. The minimum atomic E-state index is -0.505. The first kappa shape index (κ1) is 19.7. The van der Waals surface area contributed by atoms with Gasteiger partial charge in [0.05, 0.1) is 0 Å². The van der Waals surface area contributed by atoms with Gasteiger partial charge in [0.25, 0.3) is 0 Å². The molecule has 0 aromatic rings. The van der Waals surface area contributed by atoms with Gasteiger partial charge in [0, 0.05) is 24.9 Å². The van der Waals surface area contributed by atoms with Crippen LogP contribution in [0.5, 0.6) is 0 Å². The molecule has 4 nitrogen and oxygen atoms in total. The Morgan fingerprint density at radius 1 is 0.920 bits per heavy atom. The first-order chi connectivity index (χ1) is 12.0. The molecule has 2 N–H and O–H groups in total. The van der Waals surface area contributed by atoms with Crippen molar-refractivity contribution in [2.75, 3.05) is 13.1 Å². The average Bonchev–Trinajstić information content (AvgIpc) is 2.64. The van der Waals surface area contributed by atoms with Gasteiger partial charge in [0.2, 0.25) is 11.8 Å². The molecule has 140 valence electrons. The predicted molar refractivity (Wildman–Crippen MR) is 102 cm³/mol. The van der Waals surface area contributed by atoms with Crippen LogP contribution >= 0.6 is 0 Å². The maximum absolute atomic E-state index is 12.5. The second-order valence-electron chi connectivity index (χ2n) is 8.20. The van der Waals surface area contributed by atoms with E-state index < -0.39 is 5.41 Å². The van der Waals surface area contributed by atoms with Crippen LogP contribution in [0.2, 0.25) is 0 Å². The fourth-order valence-corrected chi connectivity index (χ4v) is 3.45. The van der Waals surface area contributed by atoms with Crippen LogP contribution < -0.4 is 10.6 Å². The molecular weight excluding hydrogens is 312 g/mol. The molecule has 25 heavy (non-hydrogen) atoms. The lowest BCUT2D eigenvalue weighted by Gasteiger charge is -2.26. The highest BCUT2D eigenvalue weighted by Gasteiger charge is 2.28. The number of hydrogen-bond donors (Lipinski definition) is 2. The summed E-state index contributed by atoms with van der Waals surface area (Å²) in [5, 5.41) is 6.12. The fourth-order valence-electron chi connectivity index (χ4n) is 3.45. The van der Waals surface area contributed by atoms with E-state index in [4.69, 9.17) is 0 Å². The number of hydrogen-bond acceptors (Lipinski definition) is 2.